The Labute approximate surface area is 265 Å². The number of ether oxygens (including phenoxy) is 1. The molecule has 4 aromatic rings. The van der Waals surface area contributed by atoms with Gasteiger partial charge >= 0.3 is 11.4 Å². The van der Waals surface area contributed by atoms with Crippen LogP contribution in [0.25, 0.3) is 5.69 Å². The second-order valence-corrected chi connectivity index (χ2v) is 12.3. The molecule has 13 heteroatoms. The van der Waals surface area contributed by atoms with Crippen molar-refractivity contribution in [1.29, 1.82) is 0 Å². The lowest BCUT2D eigenvalue weighted by molar-refractivity contribution is -0.122. The number of anilines is 1. The number of nitrogens with zero attached hydrogens (tertiary/aromatic N) is 4. The fourth-order valence-electron chi connectivity index (χ4n) is 6.85. The average molecular weight is 651 g/mol. The van der Waals surface area contributed by atoms with E-state index in [1.54, 1.807) is 61.5 Å². The first-order chi connectivity index (χ1) is 21.5. The fourth-order valence-corrected chi connectivity index (χ4v) is 7.76. The smallest absolute Gasteiger partial charge is 0.352 e. The van der Waals surface area contributed by atoms with Crippen molar-refractivity contribution < 1.29 is 23.8 Å². The van der Waals surface area contributed by atoms with Gasteiger partial charge in [0, 0.05) is 17.9 Å². The molecule has 2 fully saturated rings. The maximum absolute atomic E-state index is 14.4. The van der Waals surface area contributed by atoms with Crippen LogP contribution >= 0.6 is 23.2 Å². The minimum atomic E-state index is -2.21. The van der Waals surface area contributed by atoms with E-state index in [-0.39, 0.29) is 42.3 Å². The molecule has 2 aliphatic heterocycles. The van der Waals surface area contributed by atoms with E-state index >= 15 is 0 Å². The lowest BCUT2D eigenvalue weighted by Gasteiger charge is -2.49. The van der Waals surface area contributed by atoms with Crippen LogP contribution in [0.5, 0.6) is 11.5 Å². The van der Waals surface area contributed by atoms with Crippen LogP contribution in [0, 0.1) is 5.82 Å². The average Bonchev–Trinajstić information content (AvgIpc) is 3.37. The molecule has 1 saturated carbocycles. The number of phenolic OH excluding ortho intramolecular Hbond substituents is 1. The molecule has 0 radical (unpaired) electrons. The number of carbonyl (C=O) groups excluding carboxylic acids is 2. The standard InChI is InChI=1S/C32H25Cl2FN4O6/c1-2-45-24-10-6-9-22(26(24)40)25-21-15-16-36-29(43)38(19-7-4-3-5-8-19)30(44)39(36)23(21)17-31(33)27(41)37(28(42)32(25,31)34)20-13-11-18(35)12-14-20/h3-15,23,25,40H,2,16-17H2,1H3. The van der Waals surface area contributed by atoms with E-state index < -0.39 is 50.7 Å². The van der Waals surface area contributed by atoms with Crippen LogP contribution in [0.1, 0.15) is 30.9 Å². The van der Waals surface area contributed by atoms with Gasteiger partial charge in [-0.15, -0.1) is 23.2 Å². The zero-order chi connectivity index (χ0) is 31.8. The zero-order valence-electron chi connectivity index (χ0n) is 23.7. The fraction of sp³-hybridized carbons (Fsp3) is 0.250. The summed E-state index contributed by atoms with van der Waals surface area (Å²) in [6.45, 7) is 1.90. The monoisotopic (exact) mass is 650 g/mol. The second kappa shape index (κ2) is 10.2. The molecule has 7 rings (SSSR count). The molecule has 10 nitrogen and oxygen atoms in total. The normalized spacial score (nSPS) is 25.4. The maximum Gasteiger partial charge on any atom is 0.352 e. The number of hydrogen-bond donors (Lipinski definition) is 1. The molecule has 4 unspecified atom stereocenters. The van der Waals surface area contributed by atoms with Crippen molar-refractivity contribution in [3.8, 4) is 17.2 Å². The molecule has 2 amide bonds. The molecular formula is C32H25Cl2FN4O6. The number of amides is 2. The molecule has 3 aromatic carbocycles. The number of rotatable bonds is 5. The first-order valence-electron chi connectivity index (χ1n) is 14.2. The highest BCUT2D eigenvalue weighted by Crippen LogP contribution is 2.65. The number of hydrogen-bond acceptors (Lipinski definition) is 6. The molecule has 4 atom stereocenters. The van der Waals surface area contributed by atoms with Crippen molar-refractivity contribution in [3.05, 3.63) is 117 Å². The van der Waals surface area contributed by atoms with Gasteiger partial charge in [0.15, 0.2) is 21.2 Å². The van der Waals surface area contributed by atoms with Crippen LogP contribution in [0.4, 0.5) is 10.1 Å². The predicted octanol–water partition coefficient (Wildman–Crippen LogP) is 4.24. The third-order valence-electron chi connectivity index (χ3n) is 8.82. The number of allylic oxidation sites excluding steroid dienone is 2. The van der Waals surface area contributed by atoms with E-state index in [2.05, 4.69) is 0 Å². The molecule has 3 heterocycles. The number of aromatic nitrogens is 3. The lowest BCUT2D eigenvalue weighted by atomic mass is 9.64. The van der Waals surface area contributed by atoms with Crippen LogP contribution in [0.2, 0.25) is 0 Å². The highest BCUT2D eigenvalue weighted by Gasteiger charge is 2.76. The molecule has 1 saturated heterocycles. The lowest BCUT2D eigenvalue weighted by Crippen LogP contribution is -2.59. The summed E-state index contributed by atoms with van der Waals surface area (Å²) in [5.41, 5.74) is -0.326. The molecule has 230 valence electrons. The summed E-state index contributed by atoms with van der Waals surface area (Å²) in [5, 5.41) is 11.5. The van der Waals surface area contributed by atoms with Crippen LogP contribution in [0.15, 0.2) is 94.0 Å². The van der Waals surface area contributed by atoms with E-state index in [1.807, 2.05) is 0 Å². The molecule has 1 N–H and O–H groups in total. The van der Waals surface area contributed by atoms with Crippen molar-refractivity contribution >= 4 is 40.7 Å². The Morgan fingerprint density at radius 2 is 1.62 bits per heavy atom. The topological polar surface area (TPSA) is 116 Å². The Morgan fingerprint density at radius 1 is 0.911 bits per heavy atom. The molecule has 1 aromatic heterocycles. The summed E-state index contributed by atoms with van der Waals surface area (Å²) >= 11 is 14.7. The summed E-state index contributed by atoms with van der Waals surface area (Å²) in [7, 11) is 0. The summed E-state index contributed by atoms with van der Waals surface area (Å²) in [5.74, 6) is -3.79. The number of halogens is 3. The molecule has 1 aliphatic carbocycles. The van der Waals surface area contributed by atoms with E-state index in [0.29, 0.717) is 11.3 Å². The number of benzene rings is 3. The molecule has 3 aliphatic rings. The largest absolute Gasteiger partial charge is 0.504 e. The zero-order valence-corrected chi connectivity index (χ0v) is 25.2. The van der Waals surface area contributed by atoms with Crippen molar-refractivity contribution in [2.75, 3.05) is 11.5 Å². The first kappa shape index (κ1) is 29.1. The van der Waals surface area contributed by atoms with Crippen molar-refractivity contribution in [2.24, 2.45) is 0 Å². The van der Waals surface area contributed by atoms with Gasteiger partial charge in [-0.1, -0.05) is 36.4 Å². The highest BCUT2D eigenvalue weighted by atomic mass is 35.5. The Kier molecular flexibility index (Phi) is 6.61. The van der Waals surface area contributed by atoms with E-state index in [0.717, 1.165) is 21.6 Å². The molecule has 0 bridgehead atoms. The van der Waals surface area contributed by atoms with Gasteiger partial charge < -0.3 is 9.84 Å². The van der Waals surface area contributed by atoms with Crippen LogP contribution in [-0.2, 0) is 16.1 Å². The van der Waals surface area contributed by atoms with Crippen molar-refractivity contribution in [1.82, 2.24) is 13.9 Å². The van der Waals surface area contributed by atoms with E-state index in [4.69, 9.17) is 27.9 Å². The Balaban J connectivity index is 1.48. The summed E-state index contributed by atoms with van der Waals surface area (Å²) in [6.07, 6.45) is 1.34. The minimum Gasteiger partial charge on any atom is -0.504 e. The van der Waals surface area contributed by atoms with Gasteiger partial charge in [-0.05, 0) is 55.0 Å². The van der Waals surface area contributed by atoms with E-state index in [9.17, 15) is 28.7 Å². The number of aromatic hydroxyl groups is 1. The summed E-state index contributed by atoms with van der Waals surface area (Å²) in [4.78, 5) is 52.7. The number of carbonyl (C=O) groups is 2. The SMILES string of the molecule is CCOc1cccc(C2C3=CCn4c(=O)n(-c5ccccc5)c(=O)n4C3CC3(Cl)C(=O)N(c4ccc(F)cc4)C(=O)C23Cl)c1O. The van der Waals surface area contributed by atoms with Gasteiger partial charge in [-0.3, -0.25) is 9.59 Å². The van der Waals surface area contributed by atoms with Crippen LogP contribution < -0.4 is 21.0 Å². The van der Waals surface area contributed by atoms with Gasteiger partial charge in [0.2, 0.25) is 0 Å². The molecule has 0 spiro atoms. The Bertz CT molecular complexity index is 2040. The maximum atomic E-state index is 14.4. The third kappa shape index (κ3) is 3.86. The second-order valence-electron chi connectivity index (χ2n) is 11.1. The third-order valence-corrected chi connectivity index (χ3v) is 10.2. The van der Waals surface area contributed by atoms with Crippen LogP contribution in [-0.4, -0.2) is 47.2 Å². The van der Waals surface area contributed by atoms with Gasteiger partial charge in [-0.2, -0.15) is 0 Å². The highest BCUT2D eigenvalue weighted by molar-refractivity contribution is 6.58. The Hall–Kier alpha value is -4.61. The van der Waals surface area contributed by atoms with Crippen LogP contribution in [0.3, 0.4) is 0 Å². The van der Waals surface area contributed by atoms with Gasteiger partial charge in [0.1, 0.15) is 5.82 Å². The molecule has 45 heavy (non-hydrogen) atoms. The number of para-hydroxylation sites is 2. The number of imide groups is 1. The number of phenols is 1. The summed E-state index contributed by atoms with van der Waals surface area (Å²) in [6, 6.07) is 16.8. The number of fused-ring (bicyclic) bond motifs is 4. The van der Waals surface area contributed by atoms with E-state index in [1.165, 1.54) is 21.5 Å². The molecular weight excluding hydrogens is 626 g/mol. The minimum absolute atomic E-state index is 0.0492. The predicted molar refractivity (Wildman–Crippen MR) is 164 cm³/mol. The summed E-state index contributed by atoms with van der Waals surface area (Å²) < 4.78 is 23.0. The van der Waals surface area contributed by atoms with Crippen molar-refractivity contribution in [3.63, 3.8) is 0 Å². The van der Waals surface area contributed by atoms with Crippen molar-refractivity contribution in [2.45, 2.75) is 41.6 Å². The first-order valence-corrected chi connectivity index (χ1v) is 15.0. The van der Waals surface area contributed by atoms with Gasteiger partial charge in [0.05, 0.1) is 30.6 Å². The quantitative estimate of drug-likeness (QED) is 0.196. The number of alkyl halides is 2. The van der Waals surface area contributed by atoms with Gasteiger partial charge in [0.25, 0.3) is 11.8 Å². The Morgan fingerprint density at radius 3 is 2.31 bits per heavy atom. The van der Waals surface area contributed by atoms with Gasteiger partial charge in [-0.25, -0.2) is 32.8 Å².